The number of ether oxygens (including phenoxy) is 2. The Bertz CT molecular complexity index is 631. The second kappa shape index (κ2) is 30.8. The van der Waals surface area contributed by atoms with E-state index in [1.807, 2.05) is 0 Å². The third-order valence-corrected chi connectivity index (χ3v) is 10.3. The molecule has 0 amide bonds. The van der Waals surface area contributed by atoms with Crippen molar-refractivity contribution in [2.75, 3.05) is 13.2 Å². The van der Waals surface area contributed by atoms with Crippen LogP contribution in [-0.2, 0) is 9.47 Å². The Morgan fingerprint density at radius 3 is 1.13 bits per heavy atom. The number of hydrogen-bond donors (Lipinski definition) is 4. The Hall–Kier alpha value is -0.240. The molecule has 0 spiro atoms. The second-order valence-electron chi connectivity index (χ2n) is 14.6. The lowest BCUT2D eigenvalue weighted by molar-refractivity contribution is -0.366. The van der Waals surface area contributed by atoms with Gasteiger partial charge in [0.25, 0.3) is 0 Å². The predicted molar refractivity (Wildman–Crippen MR) is 193 cm³/mol. The van der Waals surface area contributed by atoms with E-state index >= 15 is 0 Å². The minimum Gasteiger partial charge on any atom is -0.394 e. The number of aliphatic hydroxyl groups is 4. The van der Waals surface area contributed by atoms with Crippen molar-refractivity contribution < 1.29 is 29.9 Å². The van der Waals surface area contributed by atoms with E-state index in [0.29, 0.717) is 13.0 Å². The lowest BCUT2D eigenvalue weighted by Gasteiger charge is -2.48. The molecular weight excluding hydrogens is 576 g/mol. The van der Waals surface area contributed by atoms with Gasteiger partial charge in [-0.3, -0.25) is 0 Å². The van der Waals surface area contributed by atoms with Crippen LogP contribution in [0.5, 0.6) is 0 Å². The molecule has 1 aliphatic rings. The minimum absolute atomic E-state index is 0.423. The van der Waals surface area contributed by atoms with E-state index < -0.39 is 36.8 Å². The van der Waals surface area contributed by atoms with Crippen LogP contribution in [0.2, 0.25) is 0 Å². The molecule has 0 aromatic rings. The first-order chi connectivity index (χ1) is 22.5. The average Bonchev–Trinajstić information content (AvgIpc) is 3.06. The SMILES string of the molecule is CCCCCCCCCCCCCCCCCCOC1(CCCCCCCCCCCCCCCC)O[C@H](CO)[C@@H](O)[C@H](O)[C@H]1O. The molecule has 1 saturated heterocycles. The van der Waals surface area contributed by atoms with Crippen LogP contribution in [0.25, 0.3) is 0 Å². The molecule has 6 heteroatoms. The monoisotopic (exact) mass is 657 g/mol. The van der Waals surface area contributed by atoms with Crippen molar-refractivity contribution in [3.63, 3.8) is 0 Å². The molecule has 0 radical (unpaired) electrons. The van der Waals surface area contributed by atoms with Gasteiger partial charge in [-0.15, -0.1) is 0 Å². The highest BCUT2D eigenvalue weighted by atomic mass is 16.7. The van der Waals surface area contributed by atoms with E-state index in [1.54, 1.807) is 0 Å². The molecule has 46 heavy (non-hydrogen) atoms. The summed E-state index contributed by atoms with van der Waals surface area (Å²) < 4.78 is 12.2. The van der Waals surface area contributed by atoms with Crippen molar-refractivity contribution in [1.29, 1.82) is 0 Å². The number of hydrogen-bond acceptors (Lipinski definition) is 6. The summed E-state index contributed by atoms with van der Waals surface area (Å²) in [5, 5.41) is 41.6. The van der Waals surface area contributed by atoms with E-state index in [1.165, 1.54) is 161 Å². The van der Waals surface area contributed by atoms with Gasteiger partial charge >= 0.3 is 0 Å². The molecule has 0 bridgehead atoms. The summed E-state index contributed by atoms with van der Waals surface area (Å²) >= 11 is 0. The third-order valence-electron chi connectivity index (χ3n) is 10.3. The smallest absolute Gasteiger partial charge is 0.197 e. The van der Waals surface area contributed by atoms with Gasteiger partial charge in [-0.2, -0.15) is 0 Å². The predicted octanol–water partition coefficient (Wildman–Crippen LogP) is 10.3. The fourth-order valence-electron chi connectivity index (χ4n) is 7.07. The fraction of sp³-hybridized carbons (Fsp3) is 1.00. The van der Waals surface area contributed by atoms with Gasteiger partial charge in [0.05, 0.1) is 13.2 Å². The summed E-state index contributed by atoms with van der Waals surface area (Å²) in [7, 11) is 0. The first-order valence-corrected chi connectivity index (χ1v) is 20.5. The molecule has 0 aromatic heterocycles. The standard InChI is InChI=1S/C40H80O6/c1-3-5-7-9-11-13-15-17-19-20-22-24-26-28-30-32-34-45-40(39(44)38(43)37(42)36(35-41)46-40)33-31-29-27-25-23-21-18-16-14-12-10-8-6-4-2/h36-39,41-44H,3-35H2,1-2H3/t36-,37-,38+,39-,40?/m1/s1. The first kappa shape index (κ1) is 43.8. The van der Waals surface area contributed by atoms with Gasteiger partial charge in [-0.05, 0) is 12.8 Å². The second-order valence-corrected chi connectivity index (χ2v) is 14.6. The molecule has 1 aliphatic heterocycles. The zero-order valence-corrected chi connectivity index (χ0v) is 30.7. The topological polar surface area (TPSA) is 99.4 Å². The molecule has 5 atom stereocenters. The quantitative estimate of drug-likeness (QED) is 0.0515. The zero-order valence-electron chi connectivity index (χ0n) is 30.7. The average molecular weight is 657 g/mol. The van der Waals surface area contributed by atoms with Gasteiger partial charge in [0.2, 0.25) is 0 Å². The van der Waals surface area contributed by atoms with E-state index in [-0.39, 0.29) is 0 Å². The van der Waals surface area contributed by atoms with Gasteiger partial charge in [0.15, 0.2) is 5.79 Å². The Kier molecular flexibility index (Phi) is 29.3. The molecule has 1 heterocycles. The van der Waals surface area contributed by atoms with Crippen LogP contribution >= 0.6 is 0 Å². The normalized spacial score (nSPS) is 23.3. The summed E-state index contributed by atoms with van der Waals surface area (Å²) in [5.41, 5.74) is 0. The summed E-state index contributed by atoms with van der Waals surface area (Å²) in [5.74, 6) is -1.38. The molecule has 1 rings (SSSR count). The summed E-state index contributed by atoms with van der Waals surface area (Å²) in [4.78, 5) is 0. The maximum Gasteiger partial charge on any atom is 0.197 e. The Morgan fingerprint density at radius 1 is 0.457 bits per heavy atom. The maximum atomic E-state index is 11.0. The van der Waals surface area contributed by atoms with Gasteiger partial charge in [0.1, 0.15) is 24.4 Å². The lowest BCUT2D eigenvalue weighted by atomic mass is 9.89. The van der Waals surface area contributed by atoms with Gasteiger partial charge in [-0.25, -0.2) is 0 Å². The highest BCUT2D eigenvalue weighted by Crippen LogP contribution is 2.36. The van der Waals surface area contributed by atoms with Gasteiger partial charge in [-0.1, -0.05) is 194 Å². The minimum atomic E-state index is -1.40. The van der Waals surface area contributed by atoms with Crippen molar-refractivity contribution in [3.8, 4) is 0 Å². The molecular formula is C40H80O6. The van der Waals surface area contributed by atoms with Gasteiger partial charge in [0, 0.05) is 6.42 Å². The Labute approximate surface area is 285 Å². The van der Waals surface area contributed by atoms with Crippen molar-refractivity contribution in [2.45, 2.75) is 243 Å². The van der Waals surface area contributed by atoms with Crippen LogP contribution in [0.4, 0.5) is 0 Å². The highest BCUT2D eigenvalue weighted by Gasteiger charge is 2.53. The van der Waals surface area contributed by atoms with Crippen LogP contribution in [0.3, 0.4) is 0 Å². The molecule has 0 saturated carbocycles. The molecule has 6 nitrogen and oxygen atoms in total. The summed E-state index contributed by atoms with van der Waals surface area (Å²) in [6.07, 6.45) is 34.0. The maximum absolute atomic E-state index is 11.0. The molecule has 4 N–H and O–H groups in total. The first-order valence-electron chi connectivity index (χ1n) is 20.5. The van der Waals surface area contributed by atoms with Crippen molar-refractivity contribution in [1.82, 2.24) is 0 Å². The van der Waals surface area contributed by atoms with Crippen LogP contribution in [0.15, 0.2) is 0 Å². The molecule has 276 valence electrons. The largest absolute Gasteiger partial charge is 0.394 e. The fourth-order valence-corrected chi connectivity index (χ4v) is 7.07. The number of unbranched alkanes of at least 4 members (excludes halogenated alkanes) is 28. The zero-order chi connectivity index (χ0) is 33.6. The Balaban J connectivity index is 2.20. The van der Waals surface area contributed by atoms with Gasteiger partial charge < -0.3 is 29.9 Å². The van der Waals surface area contributed by atoms with E-state index in [2.05, 4.69) is 13.8 Å². The van der Waals surface area contributed by atoms with Crippen molar-refractivity contribution in [2.24, 2.45) is 0 Å². The van der Waals surface area contributed by atoms with Crippen LogP contribution in [0.1, 0.15) is 213 Å². The van der Waals surface area contributed by atoms with E-state index in [9.17, 15) is 20.4 Å². The van der Waals surface area contributed by atoms with Crippen molar-refractivity contribution >= 4 is 0 Å². The Morgan fingerprint density at radius 2 is 0.783 bits per heavy atom. The third kappa shape index (κ3) is 21.0. The van der Waals surface area contributed by atoms with Crippen LogP contribution < -0.4 is 0 Å². The summed E-state index contributed by atoms with van der Waals surface area (Å²) in [6.45, 7) is 4.56. The molecule has 1 unspecified atom stereocenters. The van der Waals surface area contributed by atoms with Crippen molar-refractivity contribution in [3.05, 3.63) is 0 Å². The molecule has 0 aromatic carbocycles. The summed E-state index contributed by atoms with van der Waals surface area (Å²) in [6, 6.07) is 0. The van der Waals surface area contributed by atoms with E-state index in [4.69, 9.17) is 9.47 Å². The highest BCUT2D eigenvalue weighted by molar-refractivity contribution is 4.97. The molecule has 0 aliphatic carbocycles. The number of aliphatic hydroxyl groups excluding tert-OH is 4. The molecule has 1 fully saturated rings. The lowest BCUT2D eigenvalue weighted by Crippen LogP contribution is -2.66. The number of rotatable bonds is 34. The van der Waals surface area contributed by atoms with Crippen LogP contribution in [0, 0.1) is 0 Å². The van der Waals surface area contributed by atoms with E-state index in [0.717, 1.165) is 32.1 Å². The van der Waals surface area contributed by atoms with Crippen LogP contribution in [-0.4, -0.2) is 63.8 Å².